The molecule has 2 aromatic carbocycles. The molecule has 0 unspecified atom stereocenters. The molecule has 32 heavy (non-hydrogen) atoms. The van der Waals surface area contributed by atoms with Crippen LogP contribution in [0, 0.1) is 0 Å². The molecule has 2 N–H and O–H groups in total. The number of anilines is 1. The highest BCUT2D eigenvalue weighted by Crippen LogP contribution is 2.33. The monoisotopic (exact) mass is 429 g/mol. The van der Waals surface area contributed by atoms with Crippen molar-refractivity contribution in [2.45, 2.75) is 6.54 Å². The van der Waals surface area contributed by atoms with Crippen LogP contribution in [0.2, 0.25) is 0 Å². The summed E-state index contributed by atoms with van der Waals surface area (Å²) in [6, 6.07) is 13.3. The maximum Gasteiger partial charge on any atom is 0.276 e. The normalized spacial score (nSPS) is 12.8. The smallest absolute Gasteiger partial charge is 0.276 e. The van der Waals surface area contributed by atoms with Crippen LogP contribution in [0.25, 0.3) is 22.0 Å². The van der Waals surface area contributed by atoms with Crippen LogP contribution in [0.15, 0.2) is 54.9 Å². The van der Waals surface area contributed by atoms with Crippen LogP contribution in [0.1, 0.15) is 16.1 Å². The third-order valence-corrected chi connectivity index (χ3v) is 5.20. The van der Waals surface area contributed by atoms with Gasteiger partial charge in [-0.3, -0.25) is 14.9 Å². The number of nitrogens with one attached hydrogen (secondary N) is 2. The zero-order chi connectivity index (χ0) is 22.1. The van der Waals surface area contributed by atoms with Gasteiger partial charge in [-0.15, -0.1) is 0 Å². The van der Waals surface area contributed by atoms with E-state index in [9.17, 15) is 4.79 Å². The minimum Gasteiger partial charge on any atom is -0.486 e. The van der Waals surface area contributed by atoms with Crippen LogP contribution in [0.3, 0.4) is 0 Å². The number of hydrogen-bond acceptors (Lipinski definition) is 6. The third-order valence-electron chi connectivity index (χ3n) is 5.20. The molecular weight excluding hydrogens is 406 g/mol. The summed E-state index contributed by atoms with van der Waals surface area (Å²) in [4.78, 5) is 19.5. The lowest BCUT2D eigenvalue weighted by Crippen LogP contribution is -2.16. The number of pyridine rings is 1. The van der Waals surface area contributed by atoms with E-state index in [1.807, 2.05) is 44.7 Å². The molecule has 0 atom stereocenters. The zero-order valence-corrected chi connectivity index (χ0v) is 17.9. The molecule has 1 aliphatic rings. The van der Waals surface area contributed by atoms with Gasteiger partial charge in [-0.05, 0) is 55.6 Å². The number of hydrogen-bond donors (Lipinski definition) is 2. The molecule has 4 aromatic rings. The van der Waals surface area contributed by atoms with Crippen molar-refractivity contribution in [2.24, 2.45) is 0 Å². The Morgan fingerprint density at radius 2 is 1.88 bits per heavy atom. The van der Waals surface area contributed by atoms with E-state index in [1.54, 1.807) is 18.2 Å². The molecule has 0 fully saturated rings. The van der Waals surface area contributed by atoms with E-state index in [4.69, 9.17) is 9.47 Å². The van der Waals surface area contributed by atoms with Crippen LogP contribution in [0.5, 0.6) is 11.5 Å². The van der Waals surface area contributed by atoms with Crippen molar-refractivity contribution in [2.75, 3.05) is 32.6 Å². The summed E-state index contributed by atoms with van der Waals surface area (Å²) < 4.78 is 11.1. The molecule has 162 valence electrons. The molecule has 0 radical (unpaired) electrons. The standard InChI is InChI=1S/C24H23N5O3/c1-29(2)14-15-9-17(13-25-12-15)16-3-5-20-19(10-16)23(28-27-20)24(30)26-18-4-6-21-22(11-18)32-8-7-31-21/h3-6,9-13H,7-8,14H2,1-2H3,(H,26,30)(H,27,28). The molecule has 0 spiro atoms. The predicted octanol–water partition coefficient (Wildman–Crippen LogP) is 3.71. The second-order valence-corrected chi connectivity index (χ2v) is 7.96. The fourth-order valence-corrected chi connectivity index (χ4v) is 3.78. The van der Waals surface area contributed by atoms with Crippen LogP contribution in [-0.4, -0.2) is 53.3 Å². The fourth-order valence-electron chi connectivity index (χ4n) is 3.78. The Morgan fingerprint density at radius 3 is 2.72 bits per heavy atom. The predicted molar refractivity (Wildman–Crippen MR) is 122 cm³/mol. The van der Waals surface area contributed by atoms with E-state index >= 15 is 0 Å². The van der Waals surface area contributed by atoms with E-state index < -0.39 is 0 Å². The van der Waals surface area contributed by atoms with E-state index in [2.05, 4.69) is 31.5 Å². The van der Waals surface area contributed by atoms with Gasteiger partial charge in [0.2, 0.25) is 0 Å². The summed E-state index contributed by atoms with van der Waals surface area (Å²) >= 11 is 0. The molecule has 8 nitrogen and oxygen atoms in total. The van der Waals surface area contributed by atoms with Gasteiger partial charge < -0.3 is 19.7 Å². The molecule has 3 heterocycles. The number of carbonyl (C=O) groups is 1. The van der Waals surface area contributed by atoms with Crippen molar-refractivity contribution in [3.8, 4) is 22.6 Å². The first-order valence-corrected chi connectivity index (χ1v) is 10.3. The van der Waals surface area contributed by atoms with Gasteiger partial charge in [0.1, 0.15) is 13.2 Å². The molecule has 1 amide bonds. The molecule has 0 saturated heterocycles. The summed E-state index contributed by atoms with van der Waals surface area (Å²) in [6.45, 7) is 1.81. The van der Waals surface area contributed by atoms with Crippen molar-refractivity contribution in [1.29, 1.82) is 0 Å². The average molecular weight is 429 g/mol. The lowest BCUT2D eigenvalue weighted by atomic mass is 10.0. The summed E-state index contributed by atoms with van der Waals surface area (Å²) in [7, 11) is 4.05. The van der Waals surface area contributed by atoms with E-state index in [0.717, 1.165) is 34.1 Å². The van der Waals surface area contributed by atoms with Gasteiger partial charge in [0, 0.05) is 41.6 Å². The molecular formula is C24H23N5O3. The van der Waals surface area contributed by atoms with E-state index in [-0.39, 0.29) is 5.91 Å². The quantitative estimate of drug-likeness (QED) is 0.503. The first-order chi connectivity index (χ1) is 15.6. The number of H-pyrrole nitrogens is 1. The first kappa shape index (κ1) is 20.0. The van der Waals surface area contributed by atoms with Gasteiger partial charge in [-0.2, -0.15) is 5.10 Å². The molecule has 5 rings (SSSR count). The highest BCUT2D eigenvalue weighted by molar-refractivity contribution is 6.11. The molecule has 0 aliphatic carbocycles. The highest BCUT2D eigenvalue weighted by atomic mass is 16.6. The zero-order valence-electron chi connectivity index (χ0n) is 17.9. The fraction of sp³-hybridized carbons (Fsp3) is 0.208. The van der Waals surface area contributed by atoms with Crippen molar-refractivity contribution in [3.63, 3.8) is 0 Å². The van der Waals surface area contributed by atoms with Gasteiger partial charge in [-0.25, -0.2) is 0 Å². The van der Waals surface area contributed by atoms with Crippen molar-refractivity contribution in [1.82, 2.24) is 20.1 Å². The van der Waals surface area contributed by atoms with Gasteiger partial charge in [-0.1, -0.05) is 6.07 Å². The van der Waals surface area contributed by atoms with Crippen molar-refractivity contribution in [3.05, 3.63) is 66.1 Å². The second kappa shape index (κ2) is 8.32. The lowest BCUT2D eigenvalue weighted by molar-refractivity contribution is 0.102. The topological polar surface area (TPSA) is 92.4 Å². The van der Waals surface area contributed by atoms with E-state index in [0.29, 0.717) is 36.1 Å². The van der Waals surface area contributed by atoms with Crippen molar-refractivity contribution < 1.29 is 14.3 Å². The largest absolute Gasteiger partial charge is 0.486 e. The maximum atomic E-state index is 13.0. The number of nitrogens with zero attached hydrogens (tertiary/aromatic N) is 3. The van der Waals surface area contributed by atoms with Gasteiger partial charge in [0.25, 0.3) is 5.91 Å². The third kappa shape index (κ3) is 4.00. The van der Waals surface area contributed by atoms with Gasteiger partial charge >= 0.3 is 0 Å². The molecule has 0 saturated carbocycles. The molecule has 0 bridgehead atoms. The number of carbonyl (C=O) groups excluding carboxylic acids is 1. The minimum absolute atomic E-state index is 0.301. The highest BCUT2D eigenvalue weighted by Gasteiger charge is 2.17. The first-order valence-electron chi connectivity index (χ1n) is 10.3. The van der Waals surface area contributed by atoms with Crippen LogP contribution in [-0.2, 0) is 6.54 Å². The Bertz CT molecular complexity index is 1300. The van der Waals surface area contributed by atoms with E-state index in [1.165, 1.54) is 0 Å². The Labute approximate surface area is 185 Å². The number of benzene rings is 2. The number of amides is 1. The number of ether oxygens (including phenoxy) is 2. The van der Waals surface area contributed by atoms with Gasteiger partial charge in [0.15, 0.2) is 17.2 Å². The van der Waals surface area contributed by atoms with Crippen LogP contribution in [0.4, 0.5) is 5.69 Å². The Hall–Kier alpha value is -3.91. The van der Waals surface area contributed by atoms with Crippen LogP contribution < -0.4 is 14.8 Å². The minimum atomic E-state index is -0.301. The average Bonchev–Trinajstić information content (AvgIpc) is 3.22. The Morgan fingerprint density at radius 1 is 1.03 bits per heavy atom. The summed E-state index contributed by atoms with van der Waals surface area (Å²) in [6.07, 6.45) is 3.70. The van der Waals surface area contributed by atoms with Crippen molar-refractivity contribution >= 4 is 22.5 Å². The maximum absolute atomic E-state index is 13.0. The SMILES string of the molecule is CN(C)Cc1cncc(-c2ccc3[nH]nc(C(=O)Nc4ccc5c(c4)OCCO5)c3c2)c1. The number of rotatable bonds is 5. The lowest BCUT2D eigenvalue weighted by Gasteiger charge is -2.18. The second-order valence-electron chi connectivity index (χ2n) is 7.96. The van der Waals surface area contributed by atoms with Gasteiger partial charge in [0.05, 0.1) is 5.52 Å². The summed E-state index contributed by atoms with van der Waals surface area (Å²) in [5.41, 5.74) is 4.82. The number of aromatic nitrogens is 3. The molecule has 1 aliphatic heterocycles. The number of fused-ring (bicyclic) bond motifs is 2. The summed E-state index contributed by atoms with van der Waals surface area (Å²) in [5.74, 6) is 0.993. The summed E-state index contributed by atoms with van der Waals surface area (Å²) in [5, 5.41) is 10.8. The Kier molecular flexibility index (Phi) is 5.20. The molecule has 2 aromatic heterocycles. The Balaban J connectivity index is 1.43. The number of aromatic amines is 1. The van der Waals surface area contributed by atoms with Crippen LogP contribution >= 0.6 is 0 Å². The molecule has 8 heteroatoms.